The zero-order chi connectivity index (χ0) is 19.8. The van der Waals surface area contributed by atoms with Crippen molar-refractivity contribution in [3.8, 4) is 5.88 Å². The fourth-order valence-corrected chi connectivity index (χ4v) is 3.37. The van der Waals surface area contributed by atoms with Gasteiger partial charge in [-0.15, -0.1) is 0 Å². The Bertz CT molecular complexity index is 887. The number of aliphatic carboxylic acids is 1. The number of carbonyl (C=O) groups excluding carboxylic acids is 1. The third kappa shape index (κ3) is 5.99. The molecule has 2 atom stereocenters. The zero-order valence-corrected chi connectivity index (χ0v) is 18.4. The molecular formula is C20H27BrN2O5S. The van der Waals surface area contributed by atoms with Gasteiger partial charge in [0.2, 0.25) is 5.88 Å². The fraction of sp³-hybridized carbons (Fsp3) is 0.450. The van der Waals surface area contributed by atoms with E-state index in [-0.39, 0.29) is 33.9 Å². The molecule has 3 rings (SSSR count). The number of carboxylic acids is 1. The summed E-state index contributed by atoms with van der Waals surface area (Å²) in [5.41, 5.74) is -0.706. The summed E-state index contributed by atoms with van der Waals surface area (Å²) in [5, 5.41) is 11.3. The third-order valence-electron chi connectivity index (χ3n) is 4.15. The highest BCUT2D eigenvalue weighted by molar-refractivity contribution is 9.10. The molecule has 0 bridgehead atoms. The largest absolute Gasteiger partial charge is 0.480 e. The molecule has 1 fully saturated rings. The second-order valence-corrected chi connectivity index (χ2v) is 8.36. The van der Waals surface area contributed by atoms with Crippen molar-refractivity contribution in [2.24, 2.45) is 0 Å². The maximum absolute atomic E-state index is 12.4. The summed E-state index contributed by atoms with van der Waals surface area (Å²) in [6.45, 7) is 5.34. The Morgan fingerprint density at radius 3 is 2.59 bits per heavy atom. The van der Waals surface area contributed by atoms with Crippen LogP contribution in [0.4, 0.5) is 4.79 Å². The predicted octanol–water partition coefficient (Wildman–Crippen LogP) is 4.59. The molecule has 7 nitrogen and oxygen atoms in total. The SMILES string of the molecule is C.CC(C)(C)OC(=O)N1C[C@H](Oc2nccc3ccc(Br)cc23)C[C@H]1C(=O)O.S. The molecule has 1 aliphatic rings. The summed E-state index contributed by atoms with van der Waals surface area (Å²) in [5.74, 6) is -0.672. The number of pyridine rings is 1. The van der Waals surface area contributed by atoms with Gasteiger partial charge in [-0.2, -0.15) is 13.5 Å². The second-order valence-electron chi connectivity index (χ2n) is 7.44. The summed E-state index contributed by atoms with van der Waals surface area (Å²) < 4.78 is 12.2. The Morgan fingerprint density at radius 1 is 1.28 bits per heavy atom. The number of likely N-dealkylation sites (tertiary alicyclic amines) is 1. The van der Waals surface area contributed by atoms with Crippen LogP contribution in [0.25, 0.3) is 10.8 Å². The zero-order valence-electron chi connectivity index (χ0n) is 15.8. The van der Waals surface area contributed by atoms with Gasteiger partial charge < -0.3 is 14.6 Å². The van der Waals surface area contributed by atoms with E-state index < -0.39 is 29.8 Å². The molecule has 29 heavy (non-hydrogen) atoms. The smallest absolute Gasteiger partial charge is 0.411 e. The molecule has 2 aromatic rings. The Labute approximate surface area is 186 Å². The maximum atomic E-state index is 12.4. The molecular weight excluding hydrogens is 460 g/mol. The van der Waals surface area contributed by atoms with Crippen molar-refractivity contribution in [2.45, 2.75) is 52.4 Å². The number of benzene rings is 1. The first kappa shape index (κ1) is 25.0. The van der Waals surface area contributed by atoms with Crippen molar-refractivity contribution in [1.82, 2.24) is 9.88 Å². The van der Waals surface area contributed by atoms with Gasteiger partial charge in [0.25, 0.3) is 0 Å². The average Bonchev–Trinajstić information content (AvgIpc) is 2.98. The van der Waals surface area contributed by atoms with Crippen molar-refractivity contribution < 1.29 is 24.2 Å². The van der Waals surface area contributed by atoms with E-state index in [2.05, 4.69) is 20.9 Å². The molecule has 9 heteroatoms. The lowest BCUT2D eigenvalue weighted by atomic mass is 10.1. The van der Waals surface area contributed by atoms with Gasteiger partial charge in [0, 0.05) is 22.5 Å². The minimum Gasteiger partial charge on any atom is -0.480 e. The lowest BCUT2D eigenvalue weighted by Gasteiger charge is -2.26. The number of halogens is 1. The lowest BCUT2D eigenvalue weighted by Crippen LogP contribution is -2.43. The van der Waals surface area contributed by atoms with Crippen molar-refractivity contribution in [3.05, 3.63) is 34.9 Å². The first-order valence-electron chi connectivity index (χ1n) is 8.57. The average molecular weight is 487 g/mol. The first-order chi connectivity index (χ1) is 12.6. The van der Waals surface area contributed by atoms with E-state index >= 15 is 0 Å². The van der Waals surface area contributed by atoms with E-state index in [4.69, 9.17) is 9.47 Å². The van der Waals surface area contributed by atoms with Gasteiger partial charge >= 0.3 is 12.1 Å². The Kier molecular flexibility index (Phi) is 8.35. The lowest BCUT2D eigenvalue weighted by molar-refractivity contribution is -0.142. The quantitative estimate of drug-likeness (QED) is 0.682. The Morgan fingerprint density at radius 2 is 1.97 bits per heavy atom. The van der Waals surface area contributed by atoms with Crippen molar-refractivity contribution in [1.29, 1.82) is 0 Å². The van der Waals surface area contributed by atoms with Crippen molar-refractivity contribution >= 4 is 52.3 Å². The molecule has 1 saturated heterocycles. The first-order valence-corrected chi connectivity index (χ1v) is 9.37. The van der Waals surface area contributed by atoms with Gasteiger partial charge in [-0.05, 0) is 44.4 Å². The maximum Gasteiger partial charge on any atom is 0.411 e. The van der Waals surface area contributed by atoms with Crippen LogP contribution in [0.2, 0.25) is 0 Å². The van der Waals surface area contributed by atoms with Crippen LogP contribution in [0.15, 0.2) is 34.9 Å². The van der Waals surface area contributed by atoms with E-state index in [9.17, 15) is 14.7 Å². The summed E-state index contributed by atoms with van der Waals surface area (Å²) in [6.07, 6.45) is 0.659. The number of amides is 1. The minimum atomic E-state index is -1.08. The van der Waals surface area contributed by atoms with Crippen LogP contribution < -0.4 is 4.74 Å². The summed E-state index contributed by atoms with van der Waals surface area (Å²) >= 11 is 3.43. The predicted molar refractivity (Wildman–Crippen MR) is 120 cm³/mol. The van der Waals surface area contributed by atoms with Crippen LogP contribution in [-0.4, -0.2) is 51.3 Å². The van der Waals surface area contributed by atoms with Crippen LogP contribution in [0.1, 0.15) is 34.6 Å². The molecule has 0 radical (unpaired) electrons. The molecule has 1 amide bonds. The number of ether oxygens (including phenoxy) is 2. The molecule has 0 saturated carbocycles. The van der Waals surface area contributed by atoms with Crippen molar-refractivity contribution in [3.63, 3.8) is 0 Å². The molecule has 1 aliphatic heterocycles. The molecule has 2 heterocycles. The van der Waals surface area contributed by atoms with Crippen molar-refractivity contribution in [2.75, 3.05) is 6.54 Å². The number of nitrogens with zero attached hydrogens (tertiary/aromatic N) is 2. The van der Waals surface area contributed by atoms with Crippen LogP contribution in [-0.2, 0) is 9.53 Å². The monoisotopic (exact) mass is 486 g/mol. The van der Waals surface area contributed by atoms with Crippen LogP contribution >= 0.6 is 29.4 Å². The number of hydrogen-bond acceptors (Lipinski definition) is 5. The van der Waals surface area contributed by atoms with Gasteiger partial charge in [-0.25, -0.2) is 14.6 Å². The number of carboxylic acid groups (broad SMARTS) is 1. The molecule has 0 aliphatic carbocycles. The topological polar surface area (TPSA) is 89.0 Å². The van der Waals surface area contributed by atoms with E-state index in [1.165, 1.54) is 4.90 Å². The number of carbonyl (C=O) groups is 2. The second kappa shape index (κ2) is 9.67. The number of hydrogen-bond donors (Lipinski definition) is 1. The van der Waals surface area contributed by atoms with E-state index in [1.807, 2.05) is 24.3 Å². The normalized spacial score (nSPS) is 18.6. The standard InChI is InChI=1S/C19H21BrN2O5.CH4.H2S/c1-19(2,3)27-18(25)22-10-13(9-15(22)17(23)24)26-16-14-8-12(20)5-4-11(14)6-7-21-16;;/h4-8,13,15H,9-10H2,1-3H3,(H,23,24);1H4;1H2/t13-,15+;;/m1../s1. The summed E-state index contributed by atoms with van der Waals surface area (Å²) in [4.78, 5) is 29.5. The minimum absolute atomic E-state index is 0. The highest BCUT2D eigenvalue weighted by atomic mass is 79.9. The van der Waals surface area contributed by atoms with Gasteiger partial charge in [-0.3, -0.25) is 4.90 Å². The molecule has 1 aromatic carbocycles. The molecule has 0 spiro atoms. The summed E-state index contributed by atoms with van der Waals surface area (Å²) in [7, 11) is 0. The summed E-state index contributed by atoms with van der Waals surface area (Å²) in [6, 6.07) is 6.64. The van der Waals surface area contributed by atoms with Crippen LogP contribution in [0.5, 0.6) is 5.88 Å². The van der Waals surface area contributed by atoms with Crippen LogP contribution in [0, 0.1) is 0 Å². The number of rotatable bonds is 3. The molecule has 1 N–H and O–H groups in total. The molecule has 160 valence electrons. The number of aromatic nitrogens is 1. The van der Waals surface area contributed by atoms with Gasteiger partial charge in [0.1, 0.15) is 17.7 Å². The van der Waals surface area contributed by atoms with Gasteiger partial charge in [0.05, 0.1) is 6.54 Å². The van der Waals surface area contributed by atoms with Gasteiger partial charge in [-0.1, -0.05) is 29.4 Å². The highest BCUT2D eigenvalue weighted by Crippen LogP contribution is 2.30. The third-order valence-corrected chi connectivity index (χ3v) is 4.64. The van der Waals surface area contributed by atoms with Gasteiger partial charge in [0.15, 0.2) is 0 Å². The molecule has 0 unspecified atom stereocenters. The Hall–Kier alpha value is -2.00. The van der Waals surface area contributed by atoms with E-state index in [0.29, 0.717) is 5.88 Å². The molecule has 1 aromatic heterocycles. The van der Waals surface area contributed by atoms with E-state index in [1.54, 1.807) is 27.0 Å². The number of fused-ring (bicyclic) bond motifs is 1. The van der Waals surface area contributed by atoms with E-state index in [0.717, 1.165) is 15.2 Å². The highest BCUT2D eigenvalue weighted by Gasteiger charge is 2.42. The Balaban J connectivity index is 0.00000210. The fourth-order valence-electron chi connectivity index (χ4n) is 3.00. The van der Waals surface area contributed by atoms with Crippen LogP contribution in [0.3, 0.4) is 0 Å².